The summed E-state index contributed by atoms with van der Waals surface area (Å²) in [6, 6.07) is 6.61. The normalized spacial score (nSPS) is 31.9. The van der Waals surface area contributed by atoms with Gasteiger partial charge in [-0.2, -0.15) is 0 Å². The number of aromatic nitrogens is 2. The summed E-state index contributed by atoms with van der Waals surface area (Å²) in [6.45, 7) is 5.80. The van der Waals surface area contributed by atoms with Gasteiger partial charge in [-0.3, -0.25) is 0 Å². The molecular formula is C16H19N3O. The lowest BCUT2D eigenvalue weighted by atomic mass is 9.64. The second kappa shape index (κ2) is 4.16. The minimum Gasteiger partial charge on any atom is -0.423 e. The van der Waals surface area contributed by atoms with Crippen molar-refractivity contribution >= 4 is 0 Å². The molecule has 3 unspecified atom stereocenters. The standard InChI is InChI=1S/C16H19N3O/c1-10-13-4-3-11(15-19-18-9-20-15)7-14(13)12-5-6-17-16(10,2)8-12/h3-4,7,9-10,12,17H,5-6,8H2,1-2H3. The van der Waals surface area contributed by atoms with Crippen molar-refractivity contribution in [3.63, 3.8) is 0 Å². The molecule has 104 valence electrons. The monoisotopic (exact) mass is 269 g/mol. The van der Waals surface area contributed by atoms with Crippen LogP contribution in [-0.2, 0) is 0 Å². The van der Waals surface area contributed by atoms with Crippen molar-refractivity contribution in [2.24, 2.45) is 0 Å². The van der Waals surface area contributed by atoms with E-state index in [2.05, 4.69) is 47.6 Å². The summed E-state index contributed by atoms with van der Waals surface area (Å²) in [5.41, 5.74) is 4.23. The fraction of sp³-hybridized carbons (Fsp3) is 0.500. The molecule has 1 N–H and O–H groups in total. The number of benzene rings is 1. The molecule has 20 heavy (non-hydrogen) atoms. The molecule has 4 heteroatoms. The predicted octanol–water partition coefficient (Wildman–Crippen LogP) is 3.08. The molecule has 0 spiro atoms. The molecule has 1 aromatic carbocycles. The number of rotatable bonds is 1. The summed E-state index contributed by atoms with van der Waals surface area (Å²) in [6.07, 6.45) is 3.82. The molecule has 0 radical (unpaired) electrons. The summed E-state index contributed by atoms with van der Waals surface area (Å²) in [5, 5.41) is 11.5. The fourth-order valence-corrected chi connectivity index (χ4v) is 3.91. The van der Waals surface area contributed by atoms with Crippen molar-refractivity contribution in [1.82, 2.24) is 15.5 Å². The quantitative estimate of drug-likeness (QED) is 0.864. The molecule has 1 fully saturated rings. The van der Waals surface area contributed by atoms with E-state index in [-0.39, 0.29) is 5.54 Å². The van der Waals surface area contributed by atoms with Crippen LogP contribution in [-0.4, -0.2) is 22.3 Å². The minimum atomic E-state index is 0.238. The van der Waals surface area contributed by atoms with Gasteiger partial charge in [0.1, 0.15) is 0 Å². The highest BCUT2D eigenvalue weighted by molar-refractivity contribution is 5.57. The van der Waals surface area contributed by atoms with Crippen LogP contribution in [0.4, 0.5) is 0 Å². The summed E-state index contributed by atoms with van der Waals surface area (Å²) < 4.78 is 5.33. The number of hydrogen-bond donors (Lipinski definition) is 1. The largest absolute Gasteiger partial charge is 0.423 e. The van der Waals surface area contributed by atoms with Gasteiger partial charge in [0, 0.05) is 11.1 Å². The first-order valence-corrected chi connectivity index (χ1v) is 7.33. The highest BCUT2D eigenvalue weighted by atomic mass is 16.4. The van der Waals surface area contributed by atoms with Crippen LogP contribution in [0.5, 0.6) is 0 Å². The number of nitrogens with one attached hydrogen (secondary N) is 1. The molecule has 4 nitrogen and oxygen atoms in total. The van der Waals surface area contributed by atoms with Crippen molar-refractivity contribution in [1.29, 1.82) is 0 Å². The molecule has 3 atom stereocenters. The Bertz CT molecular complexity index is 637. The van der Waals surface area contributed by atoms with Crippen molar-refractivity contribution in [3.8, 4) is 11.5 Å². The Morgan fingerprint density at radius 2 is 2.25 bits per heavy atom. The van der Waals surface area contributed by atoms with Gasteiger partial charge in [-0.05, 0) is 61.4 Å². The highest BCUT2D eigenvalue weighted by Gasteiger charge is 2.43. The number of fused-ring (bicyclic) bond motifs is 4. The summed E-state index contributed by atoms with van der Waals surface area (Å²) in [4.78, 5) is 0. The van der Waals surface area contributed by atoms with Crippen LogP contribution in [0.3, 0.4) is 0 Å². The molecule has 1 aliphatic heterocycles. The Labute approximate surface area is 118 Å². The molecular weight excluding hydrogens is 250 g/mol. The minimum absolute atomic E-state index is 0.238. The third kappa shape index (κ3) is 1.64. The summed E-state index contributed by atoms with van der Waals surface area (Å²) in [7, 11) is 0. The number of hydrogen-bond acceptors (Lipinski definition) is 4. The number of nitrogens with zero attached hydrogens (tertiary/aromatic N) is 2. The van der Waals surface area contributed by atoms with Crippen molar-refractivity contribution in [2.45, 2.75) is 44.1 Å². The molecule has 0 amide bonds. The fourth-order valence-electron chi connectivity index (χ4n) is 3.91. The van der Waals surface area contributed by atoms with Gasteiger partial charge >= 0.3 is 0 Å². The molecule has 2 aliphatic rings. The summed E-state index contributed by atoms with van der Waals surface area (Å²) in [5.74, 6) is 1.80. The maximum absolute atomic E-state index is 5.33. The van der Waals surface area contributed by atoms with Gasteiger partial charge in [0.2, 0.25) is 12.3 Å². The van der Waals surface area contributed by atoms with Gasteiger partial charge in [0.15, 0.2) is 0 Å². The lowest BCUT2D eigenvalue weighted by Gasteiger charge is -2.49. The first-order chi connectivity index (χ1) is 9.67. The Hall–Kier alpha value is -1.68. The zero-order valence-electron chi connectivity index (χ0n) is 11.9. The maximum Gasteiger partial charge on any atom is 0.247 e. The Morgan fingerprint density at radius 3 is 3.05 bits per heavy atom. The lowest BCUT2D eigenvalue weighted by molar-refractivity contribution is 0.199. The van der Waals surface area contributed by atoms with E-state index in [1.54, 1.807) is 0 Å². The van der Waals surface area contributed by atoms with Crippen LogP contribution in [0, 0.1) is 0 Å². The van der Waals surface area contributed by atoms with Gasteiger partial charge in [-0.1, -0.05) is 13.0 Å². The van der Waals surface area contributed by atoms with Crippen LogP contribution in [0.1, 0.15) is 49.7 Å². The van der Waals surface area contributed by atoms with E-state index in [4.69, 9.17) is 4.42 Å². The molecule has 0 saturated carbocycles. The van der Waals surface area contributed by atoms with E-state index in [0.717, 1.165) is 12.1 Å². The second-order valence-corrected chi connectivity index (χ2v) is 6.34. The zero-order valence-corrected chi connectivity index (χ0v) is 11.9. The highest BCUT2D eigenvalue weighted by Crippen LogP contribution is 2.48. The van der Waals surface area contributed by atoms with E-state index >= 15 is 0 Å². The molecule has 4 rings (SSSR count). The molecule has 1 saturated heterocycles. The Kier molecular flexibility index (Phi) is 2.51. The van der Waals surface area contributed by atoms with Gasteiger partial charge < -0.3 is 9.73 Å². The van der Waals surface area contributed by atoms with E-state index in [9.17, 15) is 0 Å². The van der Waals surface area contributed by atoms with Crippen molar-refractivity contribution in [3.05, 3.63) is 35.7 Å². The van der Waals surface area contributed by atoms with Crippen LogP contribution in [0.2, 0.25) is 0 Å². The Balaban J connectivity index is 1.84. The molecule has 2 aromatic rings. The first-order valence-electron chi connectivity index (χ1n) is 7.33. The summed E-state index contributed by atoms with van der Waals surface area (Å²) >= 11 is 0. The van der Waals surface area contributed by atoms with Crippen molar-refractivity contribution < 1.29 is 4.42 Å². The van der Waals surface area contributed by atoms with Crippen LogP contribution < -0.4 is 5.32 Å². The predicted molar refractivity (Wildman–Crippen MR) is 76.5 cm³/mol. The number of piperidine rings is 1. The van der Waals surface area contributed by atoms with E-state index in [1.165, 1.54) is 30.4 Å². The molecule has 2 bridgehead atoms. The SMILES string of the molecule is CC1c2ccc(-c3nnco3)cc2C2CCNC1(C)C2. The lowest BCUT2D eigenvalue weighted by Crippen LogP contribution is -2.54. The maximum atomic E-state index is 5.33. The Morgan fingerprint density at radius 1 is 1.35 bits per heavy atom. The topological polar surface area (TPSA) is 51.0 Å². The van der Waals surface area contributed by atoms with Crippen molar-refractivity contribution in [2.75, 3.05) is 6.54 Å². The van der Waals surface area contributed by atoms with Crippen LogP contribution in [0.25, 0.3) is 11.5 Å². The van der Waals surface area contributed by atoms with E-state index < -0.39 is 0 Å². The third-order valence-electron chi connectivity index (χ3n) is 5.25. The van der Waals surface area contributed by atoms with Gasteiger partial charge in [-0.15, -0.1) is 10.2 Å². The molecule has 1 aromatic heterocycles. The van der Waals surface area contributed by atoms with Gasteiger partial charge in [0.05, 0.1) is 0 Å². The van der Waals surface area contributed by atoms with E-state index in [1.807, 2.05) is 0 Å². The average Bonchev–Trinajstić information content (AvgIpc) is 2.99. The zero-order chi connectivity index (χ0) is 13.7. The first kappa shape index (κ1) is 12.1. The molecule has 2 heterocycles. The van der Waals surface area contributed by atoms with E-state index in [0.29, 0.717) is 17.7 Å². The molecule has 1 aliphatic carbocycles. The second-order valence-electron chi connectivity index (χ2n) is 6.34. The third-order valence-corrected chi connectivity index (χ3v) is 5.25. The average molecular weight is 269 g/mol. The van der Waals surface area contributed by atoms with Crippen LogP contribution >= 0.6 is 0 Å². The van der Waals surface area contributed by atoms with Crippen LogP contribution in [0.15, 0.2) is 29.0 Å². The van der Waals surface area contributed by atoms with Gasteiger partial charge in [0.25, 0.3) is 0 Å². The van der Waals surface area contributed by atoms with Gasteiger partial charge in [-0.25, -0.2) is 0 Å². The smallest absolute Gasteiger partial charge is 0.247 e.